The number of hydrazone groups is 1. The Bertz CT molecular complexity index is 688. The summed E-state index contributed by atoms with van der Waals surface area (Å²) < 4.78 is 43.3. The molecule has 1 atom stereocenters. The molecule has 1 aliphatic heterocycles. The maximum Gasteiger partial charge on any atom is 0.431 e. The van der Waals surface area contributed by atoms with Crippen LogP contribution in [0.2, 0.25) is 6.82 Å². The lowest BCUT2D eigenvalue weighted by atomic mass is 10.1. The first-order valence-electron chi connectivity index (χ1n) is 6.51. The Labute approximate surface area is 144 Å². The summed E-state index contributed by atoms with van der Waals surface area (Å²) >= 11 is 1.83. The Kier molecular flexibility index (Phi) is 5.18. The van der Waals surface area contributed by atoms with E-state index in [1.165, 1.54) is 24.3 Å². The first-order valence-corrected chi connectivity index (χ1v) is 7.75. The highest BCUT2D eigenvalue weighted by molar-refractivity contribution is 14.1. The van der Waals surface area contributed by atoms with Gasteiger partial charge in [0.2, 0.25) is 0 Å². The Hall–Kier alpha value is -1.77. The molecule has 0 amide bonds. The molecular formula is C13H10BF3IN3O2. The summed E-state index contributed by atoms with van der Waals surface area (Å²) in [6, 6.07) is 6.56. The minimum absolute atomic E-state index is 0.228. The van der Waals surface area contributed by atoms with Crippen LogP contribution in [-0.4, -0.2) is 28.7 Å². The Balaban J connectivity index is 2.38. The second-order valence-corrected chi connectivity index (χ2v) is 6.51. The molecule has 0 N–H and O–H groups in total. The molecule has 2 rings (SSSR count). The summed E-state index contributed by atoms with van der Waals surface area (Å²) in [6.45, 7) is 1.60. The van der Waals surface area contributed by atoms with E-state index in [0.29, 0.717) is 0 Å². The van der Waals surface area contributed by atoms with Crippen molar-refractivity contribution in [2.24, 2.45) is 5.10 Å². The van der Waals surface area contributed by atoms with Gasteiger partial charge in [-0.2, -0.15) is 23.5 Å². The van der Waals surface area contributed by atoms with E-state index in [2.05, 4.69) is 5.10 Å². The molecule has 1 aromatic rings. The van der Waals surface area contributed by atoms with Gasteiger partial charge in [-0.05, 0) is 25.0 Å². The largest absolute Gasteiger partial charge is 0.524 e. The first-order chi connectivity index (χ1) is 10.7. The molecule has 23 heavy (non-hydrogen) atoms. The lowest BCUT2D eigenvalue weighted by Gasteiger charge is -2.22. The van der Waals surface area contributed by atoms with Crippen molar-refractivity contribution in [2.75, 3.05) is 5.01 Å². The molecule has 0 fully saturated rings. The van der Waals surface area contributed by atoms with Crippen molar-refractivity contribution >= 4 is 44.5 Å². The number of hydrogen-bond donors (Lipinski definition) is 0. The predicted octanol–water partition coefficient (Wildman–Crippen LogP) is 3.15. The highest BCUT2D eigenvalue weighted by Crippen LogP contribution is 2.32. The van der Waals surface area contributed by atoms with Gasteiger partial charge in [0.25, 0.3) is 0 Å². The first kappa shape index (κ1) is 17.6. The maximum atomic E-state index is 12.9. The van der Waals surface area contributed by atoms with Gasteiger partial charge in [-0.25, -0.2) is 0 Å². The number of benzene rings is 1. The molecule has 0 aromatic heterocycles. The lowest BCUT2D eigenvalue weighted by Crippen LogP contribution is -2.37. The fourth-order valence-corrected chi connectivity index (χ4v) is 2.31. The van der Waals surface area contributed by atoms with Crippen molar-refractivity contribution in [3.05, 3.63) is 29.8 Å². The molecule has 0 saturated heterocycles. The molecule has 0 radical (unpaired) electrons. The minimum Gasteiger partial charge on any atom is -0.524 e. The van der Waals surface area contributed by atoms with Crippen molar-refractivity contribution in [3.63, 3.8) is 0 Å². The molecule has 1 aromatic carbocycles. The number of carbonyl (C=O) groups is 1. The van der Waals surface area contributed by atoms with Gasteiger partial charge in [0.15, 0.2) is 6.04 Å². The summed E-state index contributed by atoms with van der Waals surface area (Å²) in [5.74, 6) is -0.794. The van der Waals surface area contributed by atoms with E-state index in [1.54, 1.807) is 6.82 Å². The second kappa shape index (κ2) is 6.78. The van der Waals surface area contributed by atoms with Gasteiger partial charge in [-0.15, -0.1) is 0 Å². The van der Waals surface area contributed by atoms with Gasteiger partial charge in [0, 0.05) is 6.42 Å². The quantitative estimate of drug-likeness (QED) is 0.541. The van der Waals surface area contributed by atoms with Crippen molar-refractivity contribution in [3.8, 4) is 6.07 Å². The molecule has 1 unspecified atom stereocenters. The summed E-state index contributed by atoms with van der Waals surface area (Å²) in [4.78, 5) is 12.1. The molecule has 0 aliphatic carbocycles. The van der Waals surface area contributed by atoms with Crippen LogP contribution in [0, 0.1) is 11.3 Å². The fourth-order valence-electron chi connectivity index (χ4n) is 2.06. The van der Waals surface area contributed by atoms with E-state index in [-0.39, 0.29) is 11.3 Å². The molecule has 10 heteroatoms. The third-order valence-corrected chi connectivity index (χ3v) is 3.28. The molecule has 120 valence electrons. The lowest BCUT2D eigenvalue weighted by molar-refractivity contribution is -0.135. The van der Waals surface area contributed by atoms with E-state index in [1.807, 2.05) is 28.4 Å². The monoisotopic (exact) mass is 435 g/mol. The number of nitrogens with zero attached hydrogens (tertiary/aromatic N) is 3. The Morgan fingerprint density at radius 3 is 2.83 bits per heavy atom. The van der Waals surface area contributed by atoms with Crippen LogP contribution in [0.25, 0.3) is 0 Å². The Morgan fingerprint density at radius 1 is 1.57 bits per heavy atom. The smallest absolute Gasteiger partial charge is 0.431 e. The average molecular weight is 435 g/mol. The van der Waals surface area contributed by atoms with Crippen LogP contribution in [0.15, 0.2) is 29.4 Å². The number of rotatable bonds is 3. The van der Waals surface area contributed by atoms with E-state index >= 15 is 0 Å². The van der Waals surface area contributed by atoms with Crippen LogP contribution in [0.1, 0.15) is 12.0 Å². The minimum atomic E-state index is -4.63. The molecule has 0 bridgehead atoms. The normalized spacial score (nSPS) is 17.5. The van der Waals surface area contributed by atoms with Crippen molar-refractivity contribution in [1.29, 1.82) is 5.26 Å². The maximum absolute atomic E-state index is 12.9. The number of hydrogen-bond acceptors (Lipinski definition) is 5. The second-order valence-electron chi connectivity index (χ2n) is 4.75. The van der Waals surface area contributed by atoms with E-state index in [9.17, 15) is 18.0 Å². The SMILES string of the molecule is CB(I)OC(=O)C1CC(C(F)(F)F)=NN1c1cccc(C#N)c1. The number of halogens is 4. The number of alkyl halides is 3. The summed E-state index contributed by atoms with van der Waals surface area (Å²) in [7, 11) is 0. The molecule has 0 saturated carbocycles. The predicted molar refractivity (Wildman–Crippen MR) is 87.3 cm³/mol. The summed E-state index contributed by atoms with van der Waals surface area (Å²) in [6.07, 6.45) is -5.22. The standard InChI is InChI=1S/C13H10BF3IN3O2/c1-14(18)23-12(22)10-6-11(13(15,16)17)20-21(10)9-4-2-3-8(5-9)7-19/h2-5,10H,6H2,1H3. The average Bonchev–Trinajstić information content (AvgIpc) is 2.92. The van der Waals surface area contributed by atoms with Crippen LogP contribution in [-0.2, 0) is 9.45 Å². The highest BCUT2D eigenvalue weighted by atomic mass is 127. The topological polar surface area (TPSA) is 65.7 Å². The summed E-state index contributed by atoms with van der Waals surface area (Å²) in [5, 5.41) is 13.4. The third-order valence-electron chi connectivity index (χ3n) is 3.03. The zero-order valence-electron chi connectivity index (χ0n) is 11.8. The van der Waals surface area contributed by atoms with Crippen LogP contribution < -0.4 is 5.01 Å². The summed E-state index contributed by atoms with van der Waals surface area (Å²) in [5.41, 5.74) is -0.568. The molecule has 1 aliphatic rings. The zero-order chi connectivity index (χ0) is 17.2. The third kappa shape index (κ3) is 4.16. The van der Waals surface area contributed by atoms with Crippen LogP contribution in [0.5, 0.6) is 0 Å². The molecule has 0 spiro atoms. The zero-order valence-corrected chi connectivity index (χ0v) is 14.0. The Morgan fingerprint density at radius 2 is 2.26 bits per heavy atom. The molecule has 1 heterocycles. The number of anilines is 1. The highest BCUT2D eigenvalue weighted by Gasteiger charge is 2.46. The van der Waals surface area contributed by atoms with E-state index < -0.39 is 35.1 Å². The van der Waals surface area contributed by atoms with Crippen molar-refractivity contribution < 1.29 is 22.6 Å². The molecule has 5 nitrogen and oxygen atoms in total. The van der Waals surface area contributed by atoms with E-state index in [0.717, 1.165) is 5.01 Å². The van der Waals surface area contributed by atoms with Gasteiger partial charge in [-0.1, -0.05) is 28.4 Å². The van der Waals surface area contributed by atoms with E-state index in [4.69, 9.17) is 9.92 Å². The van der Waals surface area contributed by atoms with Crippen LogP contribution in [0.3, 0.4) is 0 Å². The van der Waals surface area contributed by atoms with Gasteiger partial charge in [0.1, 0.15) is 5.71 Å². The van der Waals surface area contributed by atoms with Crippen LogP contribution in [0.4, 0.5) is 18.9 Å². The van der Waals surface area contributed by atoms with Crippen molar-refractivity contribution in [1.82, 2.24) is 0 Å². The van der Waals surface area contributed by atoms with Gasteiger partial charge >= 0.3 is 16.9 Å². The van der Waals surface area contributed by atoms with Gasteiger partial charge < -0.3 is 4.65 Å². The van der Waals surface area contributed by atoms with Crippen molar-refractivity contribution in [2.45, 2.75) is 25.5 Å². The van der Waals surface area contributed by atoms with Crippen LogP contribution >= 0.6 is 22.4 Å². The number of nitriles is 1. The molecular weight excluding hydrogens is 425 g/mol. The van der Waals surface area contributed by atoms with Gasteiger partial charge in [-0.3, -0.25) is 9.80 Å². The van der Waals surface area contributed by atoms with Gasteiger partial charge in [0.05, 0.1) is 17.3 Å². The number of carbonyl (C=O) groups excluding carboxylic acids is 1. The fraction of sp³-hybridized carbons (Fsp3) is 0.308.